The van der Waals surface area contributed by atoms with Crippen molar-refractivity contribution >= 4 is 11.8 Å². The zero-order chi connectivity index (χ0) is 19.7. The fourth-order valence-electron chi connectivity index (χ4n) is 3.24. The highest BCUT2D eigenvalue weighted by Crippen LogP contribution is 2.40. The maximum Gasteiger partial charge on any atom is 0.372 e. The summed E-state index contributed by atoms with van der Waals surface area (Å²) in [6.07, 6.45) is 16.5. The molecule has 1 aliphatic rings. The van der Waals surface area contributed by atoms with E-state index in [-0.39, 0.29) is 11.8 Å². The van der Waals surface area contributed by atoms with E-state index in [1.807, 2.05) is 25.2 Å². The molecule has 0 aromatic rings. The van der Waals surface area contributed by atoms with E-state index in [0.29, 0.717) is 6.42 Å². The molecule has 0 spiro atoms. The molecule has 1 aliphatic carbocycles. The van der Waals surface area contributed by atoms with Crippen LogP contribution in [0.25, 0.3) is 0 Å². The Balaban J connectivity index is 2.63. The minimum Gasteiger partial charge on any atom is -0.476 e. The van der Waals surface area contributed by atoms with Crippen LogP contribution >= 0.6 is 0 Å². The minimum atomic E-state index is -1.36. The van der Waals surface area contributed by atoms with Crippen molar-refractivity contribution in [2.45, 2.75) is 66.7 Å². The van der Waals surface area contributed by atoms with Crippen molar-refractivity contribution in [2.24, 2.45) is 5.41 Å². The summed E-state index contributed by atoms with van der Waals surface area (Å²) in [6.45, 7) is 10.9. The van der Waals surface area contributed by atoms with Crippen LogP contribution in [0.5, 0.6) is 0 Å². The van der Waals surface area contributed by atoms with E-state index >= 15 is 0 Å². The van der Waals surface area contributed by atoms with E-state index in [4.69, 9.17) is 5.11 Å². The van der Waals surface area contributed by atoms with Crippen molar-refractivity contribution in [3.63, 3.8) is 0 Å². The van der Waals surface area contributed by atoms with Gasteiger partial charge in [-0.1, -0.05) is 67.0 Å². The van der Waals surface area contributed by atoms with Gasteiger partial charge >= 0.3 is 5.97 Å². The molecule has 26 heavy (non-hydrogen) atoms. The standard InChI is InChI=1S/C23H32O3/c1-17(11-7-13-21(24)22(25)26)9-6-10-18(2)14-15-20-19(3)12-8-16-23(20,4)5/h6,9-11,14-15H,7-8,12-13,16H2,1-5H3,(H,25,26). The number of rotatable bonds is 8. The molecule has 0 aromatic carbocycles. The molecule has 0 amide bonds. The van der Waals surface area contributed by atoms with E-state index in [2.05, 4.69) is 45.9 Å². The first kappa shape index (κ1) is 21.9. The van der Waals surface area contributed by atoms with Crippen LogP contribution in [-0.2, 0) is 9.59 Å². The van der Waals surface area contributed by atoms with Gasteiger partial charge in [0, 0.05) is 6.42 Å². The number of hydrogen-bond donors (Lipinski definition) is 1. The highest BCUT2D eigenvalue weighted by molar-refractivity contribution is 6.32. The Morgan fingerprint density at radius 2 is 1.85 bits per heavy atom. The monoisotopic (exact) mass is 356 g/mol. The normalized spacial score (nSPS) is 18.8. The molecule has 0 aromatic heterocycles. The molecule has 3 nitrogen and oxygen atoms in total. The average Bonchev–Trinajstić information content (AvgIpc) is 2.53. The number of ketones is 1. The van der Waals surface area contributed by atoms with Crippen LogP contribution in [0.2, 0.25) is 0 Å². The van der Waals surface area contributed by atoms with Crippen molar-refractivity contribution in [3.05, 3.63) is 58.7 Å². The Morgan fingerprint density at radius 1 is 1.15 bits per heavy atom. The molecule has 0 saturated carbocycles. The van der Waals surface area contributed by atoms with Gasteiger partial charge in [-0.05, 0) is 57.4 Å². The maximum absolute atomic E-state index is 11.0. The molecule has 0 aliphatic heterocycles. The average molecular weight is 357 g/mol. The van der Waals surface area contributed by atoms with Crippen LogP contribution in [0.1, 0.15) is 66.7 Å². The Morgan fingerprint density at radius 3 is 2.46 bits per heavy atom. The van der Waals surface area contributed by atoms with Crippen molar-refractivity contribution in [2.75, 3.05) is 0 Å². The second-order valence-electron chi connectivity index (χ2n) is 7.75. The fraction of sp³-hybridized carbons (Fsp3) is 0.478. The van der Waals surface area contributed by atoms with Crippen LogP contribution in [-0.4, -0.2) is 16.9 Å². The molecule has 0 saturated heterocycles. The number of carboxylic acid groups (broad SMARTS) is 1. The third kappa shape index (κ3) is 7.38. The fourth-order valence-corrected chi connectivity index (χ4v) is 3.24. The molecule has 142 valence electrons. The van der Waals surface area contributed by atoms with Gasteiger partial charge < -0.3 is 5.11 Å². The van der Waals surface area contributed by atoms with Crippen molar-refractivity contribution in [3.8, 4) is 0 Å². The first-order valence-corrected chi connectivity index (χ1v) is 9.29. The van der Waals surface area contributed by atoms with Crippen molar-refractivity contribution in [1.82, 2.24) is 0 Å². The molecule has 3 heteroatoms. The second-order valence-corrected chi connectivity index (χ2v) is 7.75. The lowest BCUT2D eigenvalue weighted by atomic mass is 9.72. The summed E-state index contributed by atoms with van der Waals surface area (Å²) in [4.78, 5) is 21.5. The summed E-state index contributed by atoms with van der Waals surface area (Å²) >= 11 is 0. The van der Waals surface area contributed by atoms with Gasteiger partial charge in [-0.2, -0.15) is 0 Å². The largest absolute Gasteiger partial charge is 0.476 e. The number of allylic oxidation sites excluding steroid dienone is 10. The molecule has 0 radical (unpaired) electrons. The first-order chi connectivity index (χ1) is 12.1. The predicted octanol–water partition coefficient (Wildman–Crippen LogP) is 5.95. The Bertz CT molecular complexity index is 682. The summed E-state index contributed by atoms with van der Waals surface area (Å²) in [6, 6.07) is 0. The van der Waals surface area contributed by atoms with Gasteiger partial charge in [0.2, 0.25) is 5.78 Å². The third-order valence-corrected chi connectivity index (χ3v) is 4.85. The number of carbonyl (C=O) groups is 2. The van der Waals surface area contributed by atoms with Crippen LogP contribution < -0.4 is 0 Å². The lowest BCUT2D eigenvalue weighted by Crippen LogP contribution is -2.19. The van der Waals surface area contributed by atoms with Crippen LogP contribution in [0.4, 0.5) is 0 Å². The number of aliphatic carboxylic acids is 1. The second kappa shape index (κ2) is 10.1. The Hall–Kier alpha value is -2.16. The highest BCUT2D eigenvalue weighted by Gasteiger charge is 2.26. The molecule has 0 bridgehead atoms. The third-order valence-electron chi connectivity index (χ3n) is 4.85. The molecule has 0 unspecified atom stereocenters. The number of hydrogen-bond acceptors (Lipinski definition) is 2. The van der Waals surface area contributed by atoms with Crippen LogP contribution in [0.3, 0.4) is 0 Å². The smallest absolute Gasteiger partial charge is 0.372 e. The molecule has 1 rings (SSSR count). The Labute approximate surface area is 157 Å². The molecule has 0 atom stereocenters. The van der Waals surface area contributed by atoms with Gasteiger partial charge in [-0.15, -0.1) is 0 Å². The zero-order valence-corrected chi connectivity index (χ0v) is 16.8. The molecular formula is C23H32O3. The lowest BCUT2D eigenvalue weighted by molar-refractivity contribution is -0.149. The highest BCUT2D eigenvalue weighted by atomic mass is 16.4. The SMILES string of the molecule is CC(C=CC1=C(C)CCCC1(C)C)=CC=CC(C)=CCCC(=O)C(=O)O. The number of carboxylic acids is 1. The summed E-state index contributed by atoms with van der Waals surface area (Å²) in [7, 11) is 0. The van der Waals surface area contributed by atoms with Gasteiger partial charge in [-0.3, -0.25) is 4.79 Å². The molecule has 0 heterocycles. The molecule has 0 fully saturated rings. The van der Waals surface area contributed by atoms with Gasteiger partial charge in [0.25, 0.3) is 0 Å². The number of carbonyl (C=O) groups excluding carboxylic acids is 1. The van der Waals surface area contributed by atoms with Crippen molar-refractivity contribution < 1.29 is 14.7 Å². The first-order valence-electron chi connectivity index (χ1n) is 9.29. The van der Waals surface area contributed by atoms with Crippen LogP contribution in [0.15, 0.2) is 58.7 Å². The summed E-state index contributed by atoms with van der Waals surface area (Å²) < 4.78 is 0. The zero-order valence-electron chi connectivity index (χ0n) is 16.8. The molecule has 1 N–H and O–H groups in total. The summed E-state index contributed by atoms with van der Waals surface area (Å²) in [5.41, 5.74) is 5.40. The Kier molecular flexibility index (Phi) is 8.50. The van der Waals surface area contributed by atoms with Gasteiger partial charge in [0.05, 0.1) is 0 Å². The van der Waals surface area contributed by atoms with Crippen molar-refractivity contribution in [1.29, 1.82) is 0 Å². The maximum atomic E-state index is 11.0. The van der Waals surface area contributed by atoms with Gasteiger partial charge in [-0.25, -0.2) is 4.79 Å². The number of Topliss-reactive ketones (excluding diaryl/α,β-unsaturated/α-hetero) is 1. The summed E-state index contributed by atoms with van der Waals surface area (Å²) in [5, 5.41) is 8.54. The van der Waals surface area contributed by atoms with E-state index in [1.165, 1.54) is 36.0 Å². The van der Waals surface area contributed by atoms with E-state index < -0.39 is 11.8 Å². The van der Waals surface area contributed by atoms with Crippen LogP contribution in [0, 0.1) is 5.41 Å². The topological polar surface area (TPSA) is 54.4 Å². The summed E-state index contributed by atoms with van der Waals surface area (Å²) in [5.74, 6) is -2.10. The van der Waals surface area contributed by atoms with E-state index in [9.17, 15) is 9.59 Å². The molecular weight excluding hydrogens is 324 g/mol. The van der Waals surface area contributed by atoms with Gasteiger partial charge in [0.15, 0.2) is 0 Å². The van der Waals surface area contributed by atoms with Gasteiger partial charge in [0.1, 0.15) is 0 Å². The minimum absolute atomic E-state index is 0.0440. The predicted molar refractivity (Wildman–Crippen MR) is 108 cm³/mol. The van der Waals surface area contributed by atoms with E-state index in [0.717, 1.165) is 5.57 Å². The van der Waals surface area contributed by atoms with E-state index in [1.54, 1.807) is 0 Å². The lowest BCUT2D eigenvalue weighted by Gasteiger charge is -2.32. The quantitative estimate of drug-likeness (QED) is 0.432.